The number of hydrogen-bond donors (Lipinski definition) is 1. The fourth-order valence-electron chi connectivity index (χ4n) is 2.13. The number of anilines is 1. The van der Waals surface area contributed by atoms with Gasteiger partial charge in [-0.05, 0) is 33.3 Å². The molecule has 0 aliphatic carbocycles. The van der Waals surface area contributed by atoms with Crippen LogP contribution in [0, 0.1) is 11.3 Å². The van der Waals surface area contributed by atoms with Crippen molar-refractivity contribution in [3.63, 3.8) is 0 Å². The Kier molecular flexibility index (Phi) is 3.77. The summed E-state index contributed by atoms with van der Waals surface area (Å²) >= 11 is 0. The molecule has 2 heterocycles. The van der Waals surface area contributed by atoms with E-state index in [1.54, 1.807) is 0 Å². The zero-order valence-corrected chi connectivity index (χ0v) is 12.1. The summed E-state index contributed by atoms with van der Waals surface area (Å²) in [5.41, 5.74) is 2.50. The number of hydrogen-bond acceptors (Lipinski definition) is 4. The Labute approximate surface area is 114 Å². The average Bonchev–Trinajstić information content (AvgIpc) is 2.36. The van der Waals surface area contributed by atoms with E-state index in [1.807, 2.05) is 6.07 Å². The Balaban J connectivity index is 2.37. The lowest BCUT2D eigenvalue weighted by molar-refractivity contribution is -0.0412. The summed E-state index contributed by atoms with van der Waals surface area (Å²) in [4.78, 5) is 4.65. The van der Waals surface area contributed by atoms with Crippen molar-refractivity contribution in [2.45, 2.75) is 58.8 Å². The largest absolute Gasteiger partial charge is 0.370 e. The molecule has 0 saturated carbocycles. The van der Waals surface area contributed by atoms with Gasteiger partial charge in [0.05, 0.1) is 23.5 Å². The molecule has 0 spiro atoms. The SMILES string of the molecule is CCC(C)Nc1nc2c(cc1C#N)COC(C)(C)C2. The second kappa shape index (κ2) is 5.18. The van der Waals surface area contributed by atoms with Gasteiger partial charge in [-0.15, -0.1) is 0 Å². The van der Waals surface area contributed by atoms with Crippen LogP contribution < -0.4 is 5.32 Å². The summed E-state index contributed by atoms with van der Waals surface area (Å²) in [6.45, 7) is 8.87. The molecule has 1 atom stereocenters. The van der Waals surface area contributed by atoms with E-state index in [-0.39, 0.29) is 5.60 Å². The molecule has 1 aliphatic rings. The van der Waals surface area contributed by atoms with Gasteiger partial charge in [-0.2, -0.15) is 5.26 Å². The Morgan fingerprint density at radius 1 is 1.58 bits per heavy atom. The van der Waals surface area contributed by atoms with Crippen LogP contribution in [0.1, 0.15) is 50.9 Å². The molecule has 1 N–H and O–H groups in total. The summed E-state index contributed by atoms with van der Waals surface area (Å²) < 4.78 is 5.76. The predicted molar refractivity (Wildman–Crippen MR) is 74.9 cm³/mol. The predicted octanol–water partition coefficient (Wildman–Crippen LogP) is 3.01. The Morgan fingerprint density at radius 3 is 2.95 bits per heavy atom. The first-order valence-electron chi connectivity index (χ1n) is 6.78. The van der Waals surface area contributed by atoms with Crippen LogP contribution >= 0.6 is 0 Å². The van der Waals surface area contributed by atoms with Crippen molar-refractivity contribution in [1.82, 2.24) is 4.98 Å². The van der Waals surface area contributed by atoms with Crippen molar-refractivity contribution in [2.75, 3.05) is 5.32 Å². The second-order valence-electron chi connectivity index (χ2n) is 5.78. The van der Waals surface area contributed by atoms with Gasteiger partial charge in [0.15, 0.2) is 0 Å². The van der Waals surface area contributed by atoms with E-state index in [4.69, 9.17) is 4.74 Å². The van der Waals surface area contributed by atoms with E-state index in [9.17, 15) is 5.26 Å². The smallest absolute Gasteiger partial charge is 0.144 e. The van der Waals surface area contributed by atoms with Gasteiger partial charge in [-0.25, -0.2) is 4.98 Å². The van der Waals surface area contributed by atoms with Gasteiger partial charge in [0.25, 0.3) is 0 Å². The molecular weight excluding hydrogens is 238 g/mol. The third-order valence-corrected chi connectivity index (χ3v) is 3.52. The Hall–Kier alpha value is -1.60. The van der Waals surface area contributed by atoms with E-state index in [0.717, 1.165) is 24.1 Å². The quantitative estimate of drug-likeness (QED) is 0.906. The van der Waals surface area contributed by atoms with E-state index in [1.165, 1.54) is 0 Å². The van der Waals surface area contributed by atoms with Crippen LogP contribution in [0.25, 0.3) is 0 Å². The third-order valence-electron chi connectivity index (χ3n) is 3.52. The van der Waals surface area contributed by atoms with Gasteiger partial charge in [0, 0.05) is 18.0 Å². The molecule has 4 nitrogen and oxygen atoms in total. The highest BCUT2D eigenvalue weighted by Crippen LogP contribution is 2.29. The lowest BCUT2D eigenvalue weighted by atomic mass is 9.95. The van der Waals surface area contributed by atoms with Crippen LogP contribution in [0.15, 0.2) is 6.07 Å². The average molecular weight is 259 g/mol. The summed E-state index contributed by atoms with van der Waals surface area (Å²) in [6, 6.07) is 4.43. The van der Waals surface area contributed by atoms with Crippen molar-refractivity contribution >= 4 is 5.82 Å². The number of fused-ring (bicyclic) bond motifs is 1. The standard InChI is InChI=1S/C15H21N3O/c1-5-10(2)17-14-11(8-16)6-12-9-19-15(3,4)7-13(12)18-14/h6,10H,5,7,9H2,1-4H3,(H,17,18). The van der Waals surface area contributed by atoms with E-state index in [0.29, 0.717) is 24.0 Å². The molecule has 1 aromatic rings. The molecule has 102 valence electrons. The number of pyridine rings is 1. The molecule has 0 fully saturated rings. The maximum atomic E-state index is 9.24. The first-order chi connectivity index (χ1) is 8.95. The van der Waals surface area contributed by atoms with Crippen LogP contribution in [-0.4, -0.2) is 16.6 Å². The van der Waals surface area contributed by atoms with Crippen LogP contribution in [0.4, 0.5) is 5.82 Å². The maximum absolute atomic E-state index is 9.24. The van der Waals surface area contributed by atoms with Gasteiger partial charge in [0.1, 0.15) is 11.9 Å². The number of nitrogens with one attached hydrogen (secondary N) is 1. The van der Waals surface area contributed by atoms with Crippen molar-refractivity contribution in [2.24, 2.45) is 0 Å². The molecule has 0 radical (unpaired) electrons. The molecule has 0 bridgehead atoms. The van der Waals surface area contributed by atoms with Crippen molar-refractivity contribution in [3.05, 3.63) is 22.9 Å². The lowest BCUT2D eigenvalue weighted by Gasteiger charge is -2.31. The van der Waals surface area contributed by atoms with Crippen molar-refractivity contribution in [1.29, 1.82) is 5.26 Å². The van der Waals surface area contributed by atoms with E-state index in [2.05, 4.69) is 44.1 Å². The summed E-state index contributed by atoms with van der Waals surface area (Å²) in [5.74, 6) is 0.702. The summed E-state index contributed by atoms with van der Waals surface area (Å²) in [7, 11) is 0. The molecule has 0 aromatic carbocycles. The molecule has 1 aliphatic heterocycles. The van der Waals surface area contributed by atoms with Gasteiger partial charge >= 0.3 is 0 Å². The monoisotopic (exact) mass is 259 g/mol. The van der Waals surface area contributed by atoms with Crippen LogP contribution in [-0.2, 0) is 17.8 Å². The minimum absolute atomic E-state index is 0.179. The van der Waals surface area contributed by atoms with Crippen molar-refractivity contribution in [3.8, 4) is 6.07 Å². The highest BCUT2D eigenvalue weighted by atomic mass is 16.5. The molecule has 1 unspecified atom stereocenters. The number of aromatic nitrogens is 1. The normalized spacial score (nSPS) is 18.3. The highest BCUT2D eigenvalue weighted by molar-refractivity contribution is 5.55. The fourth-order valence-corrected chi connectivity index (χ4v) is 2.13. The highest BCUT2D eigenvalue weighted by Gasteiger charge is 2.28. The minimum Gasteiger partial charge on any atom is -0.370 e. The van der Waals surface area contributed by atoms with Crippen LogP contribution in [0.3, 0.4) is 0 Å². The Bertz CT molecular complexity index is 517. The molecule has 2 rings (SSSR count). The zero-order valence-electron chi connectivity index (χ0n) is 12.1. The first kappa shape index (κ1) is 13.8. The molecule has 4 heteroatoms. The van der Waals surface area contributed by atoms with Gasteiger partial charge in [0.2, 0.25) is 0 Å². The zero-order chi connectivity index (χ0) is 14.0. The first-order valence-corrected chi connectivity index (χ1v) is 6.78. The number of nitrogens with zero attached hydrogens (tertiary/aromatic N) is 2. The van der Waals surface area contributed by atoms with Crippen LogP contribution in [0.2, 0.25) is 0 Å². The summed E-state index contributed by atoms with van der Waals surface area (Å²) in [5, 5.41) is 12.6. The molecule has 0 saturated heterocycles. The molecular formula is C15H21N3O. The molecule has 19 heavy (non-hydrogen) atoms. The number of ether oxygens (including phenoxy) is 1. The fraction of sp³-hybridized carbons (Fsp3) is 0.600. The van der Waals surface area contributed by atoms with E-state index < -0.39 is 0 Å². The van der Waals surface area contributed by atoms with Gasteiger partial charge in [-0.3, -0.25) is 0 Å². The van der Waals surface area contributed by atoms with Gasteiger partial charge in [-0.1, -0.05) is 6.92 Å². The number of nitriles is 1. The topological polar surface area (TPSA) is 57.9 Å². The van der Waals surface area contributed by atoms with E-state index >= 15 is 0 Å². The number of rotatable bonds is 3. The minimum atomic E-state index is -0.179. The molecule has 1 aromatic heterocycles. The summed E-state index contributed by atoms with van der Waals surface area (Å²) in [6.07, 6.45) is 1.78. The Morgan fingerprint density at radius 2 is 2.32 bits per heavy atom. The maximum Gasteiger partial charge on any atom is 0.144 e. The molecule has 0 amide bonds. The second-order valence-corrected chi connectivity index (χ2v) is 5.78. The van der Waals surface area contributed by atoms with Crippen LogP contribution in [0.5, 0.6) is 0 Å². The van der Waals surface area contributed by atoms with Crippen molar-refractivity contribution < 1.29 is 4.74 Å². The third kappa shape index (κ3) is 3.05. The van der Waals surface area contributed by atoms with Gasteiger partial charge < -0.3 is 10.1 Å². The lowest BCUT2D eigenvalue weighted by Crippen LogP contribution is -2.33.